The van der Waals surface area contributed by atoms with Gasteiger partial charge in [0.15, 0.2) is 6.61 Å². The zero-order chi connectivity index (χ0) is 20.3. The van der Waals surface area contributed by atoms with Crippen LogP contribution < -0.4 is 26.4 Å². The summed E-state index contributed by atoms with van der Waals surface area (Å²) >= 11 is 0. The molecule has 2 saturated heterocycles. The van der Waals surface area contributed by atoms with Crippen LogP contribution in [-0.4, -0.2) is 60.9 Å². The van der Waals surface area contributed by atoms with Gasteiger partial charge in [0, 0.05) is 31.7 Å². The highest BCUT2D eigenvalue weighted by Crippen LogP contribution is 2.25. The van der Waals surface area contributed by atoms with E-state index in [2.05, 4.69) is 10.6 Å². The minimum Gasteiger partial charge on any atom is -0.484 e. The van der Waals surface area contributed by atoms with Crippen molar-refractivity contribution in [3.05, 3.63) is 23.8 Å². The summed E-state index contributed by atoms with van der Waals surface area (Å²) in [5.74, 6) is -0.794. The molecule has 0 bridgehead atoms. The maximum absolute atomic E-state index is 12.6. The van der Waals surface area contributed by atoms with Crippen LogP contribution in [0.5, 0.6) is 5.75 Å². The molecule has 2 aliphatic rings. The van der Waals surface area contributed by atoms with E-state index in [9.17, 15) is 19.2 Å². The number of anilines is 1. The molecule has 0 aromatic heterocycles. The van der Waals surface area contributed by atoms with Crippen molar-refractivity contribution < 1.29 is 23.9 Å². The van der Waals surface area contributed by atoms with Gasteiger partial charge >= 0.3 is 6.03 Å². The predicted molar refractivity (Wildman–Crippen MR) is 99.5 cm³/mol. The van der Waals surface area contributed by atoms with Crippen molar-refractivity contribution in [2.24, 2.45) is 11.7 Å². The fourth-order valence-corrected chi connectivity index (χ4v) is 3.18. The Hall–Kier alpha value is -3.14. The summed E-state index contributed by atoms with van der Waals surface area (Å²) in [7, 11) is 0. The SMILES string of the molecule is Cc1cc(OCC(=O)NC(N)=O)ccc1NC(=O)C1CC(=O)N(C2CNC2)C1. The normalized spacial score (nSPS) is 19.1. The Morgan fingerprint density at radius 1 is 1.32 bits per heavy atom. The lowest BCUT2D eigenvalue weighted by Gasteiger charge is -2.35. The number of ether oxygens (including phenoxy) is 1. The molecule has 10 nitrogen and oxygen atoms in total. The molecule has 1 atom stereocenters. The number of primary amides is 1. The van der Waals surface area contributed by atoms with Gasteiger partial charge in [0.2, 0.25) is 11.8 Å². The molecule has 1 aromatic carbocycles. The lowest BCUT2D eigenvalue weighted by molar-refractivity contribution is -0.130. The molecule has 0 aliphatic carbocycles. The average Bonchev–Trinajstić information content (AvgIpc) is 2.95. The molecule has 28 heavy (non-hydrogen) atoms. The molecule has 0 radical (unpaired) electrons. The molecule has 1 aromatic rings. The van der Waals surface area contributed by atoms with E-state index in [-0.39, 0.29) is 36.8 Å². The van der Waals surface area contributed by atoms with Crippen LogP contribution in [0.25, 0.3) is 0 Å². The smallest absolute Gasteiger partial charge is 0.318 e. The van der Waals surface area contributed by atoms with Gasteiger partial charge in [0.1, 0.15) is 5.75 Å². The van der Waals surface area contributed by atoms with E-state index in [1.54, 1.807) is 30.0 Å². The Balaban J connectivity index is 1.54. The third kappa shape index (κ3) is 4.58. The standard InChI is InChI=1S/C18H23N5O5/c1-10-4-13(28-9-15(24)22-18(19)27)2-3-14(10)21-17(26)11-5-16(25)23(8-11)12-6-20-7-12/h2-4,11-12,20H,5-9H2,1H3,(H,21,26)(H3,19,22,24,27). The zero-order valence-corrected chi connectivity index (χ0v) is 15.5. The van der Waals surface area contributed by atoms with E-state index in [0.29, 0.717) is 18.0 Å². The molecular weight excluding hydrogens is 366 g/mol. The number of nitrogens with zero attached hydrogens (tertiary/aromatic N) is 1. The van der Waals surface area contributed by atoms with E-state index >= 15 is 0 Å². The van der Waals surface area contributed by atoms with Crippen LogP contribution in [0.4, 0.5) is 10.5 Å². The Kier molecular flexibility index (Phi) is 5.78. The predicted octanol–water partition coefficient (Wildman–Crippen LogP) is -0.672. The molecule has 5 amide bonds. The van der Waals surface area contributed by atoms with Crippen LogP contribution >= 0.6 is 0 Å². The molecule has 2 aliphatic heterocycles. The lowest BCUT2D eigenvalue weighted by Crippen LogP contribution is -2.57. The fourth-order valence-electron chi connectivity index (χ4n) is 3.18. The van der Waals surface area contributed by atoms with Crippen LogP contribution in [-0.2, 0) is 14.4 Å². The van der Waals surface area contributed by atoms with Crippen molar-refractivity contribution in [2.45, 2.75) is 19.4 Å². The van der Waals surface area contributed by atoms with E-state index in [4.69, 9.17) is 10.5 Å². The minimum atomic E-state index is -0.944. The second-order valence-corrected chi connectivity index (χ2v) is 6.93. The molecule has 150 valence electrons. The highest BCUT2D eigenvalue weighted by atomic mass is 16.5. The maximum atomic E-state index is 12.6. The van der Waals surface area contributed by atoms with E-state index in [1.807, 2.05) is 5.32 Å². The Labute approximate surface area is 161 Å². The number of carbonyl (C=O) groups is 4. The van der Waals surface area contributed by atoms with Gasteiger partial charge in [-0.25, -0.2) is 4.79 Å². The van der Waals surface area contributed by atoms with Gasteiger partial charge in [0.25, 0.3) is 5.91 Å². The number of hydrogen-bond donors (Lipinski definition) is 4. The molecule has 2 heterocycles. The Morgan fingerprint density at radius 2 is 2.07 bits per heavy atom. The fraction of sp³-hybridized carbons (Fsp3) is 0.444. The van der Waals surface area contributed by atoms with Gasteiger partial charge in [-0.15, -0.1) is 0 Å². The van der Waals surface area contributed by atoms with Gasteiger partial charge in [-0.2, -0.15) is 0 Å². The Bertz CT molecular complexity index is 808. The number of nitrogens with one attached hydrogen (secondary N) is 3. The largest absolute Gasteiger partial charge is 0.484 e. The number of rotatable bonds is 6. The van der Waals surface area contributed by atoms with Gasteiger partial charge in [-0.05, 0) is 30.7 Å². The zero-order valence-electron chi connectivity index (χ0n) is 15.5. The maximum Gasteiger partial charge on any atom is 0.318 e. The first-order chi connectivity index (χ1) is 13.3. The van der Waals surface area contributed by atoms with Crippen LogP contribution in [0, 0.1) is 12.8 Å². The first-order valence-corrected chi connectivity index (χ1v) is 8.97. The van der Waals surface area contributed by atoms with Crippen molar-refractivity contribution in [3.63, 3.8) is 0 Å². The summed E-state index contributed by atoms with van der Waals surface area (Å²) in [6.45, 7) is 3.42. The van der Waals surface area contributed by atoms with Crippen LogP contribution in [0.15, 0.2) is 18.2 Å². The summed E-state index contributed by atoms with van der Waals surface area (Å²) < 4.78 is 5.29. The molecule has 10 heteroatoms. The molecule has 0 saturated carbocycles. The number of carbonyl (C=O) groups excluding carboxylic acids is 4. The second kappa shape index (κ2) is 8.26. The lowest BCUT2D eigenvalue weighted by atomic mass is 10.1. The van der Waals surface area contributed by atoms with E-state index in [1.165, 1.54) is 0 Å². The topological polar surface area (TPSA) is 143 Å². The summed E-state index contributed by atoms with van der Waals surface area (Å²) in [4.78, 5) is 48.4. The molecule has 3 rings (SSSR count). The summed E-state index contributed by atoms with van der Waals surface area (Å²) in [6, 6.07) is 4.18. The van der Waals surface area contributed by atoms with Crippen molar-refractivity contribution in [1.82, 2.24) is 15.5 Å². The summed E-state index contributed by atoms with van der Waals surface area (Å²) in [5.41, 5.74) is 6.20. The van der Waals surface area contributed by atoms with Crippen molar-refractivity contribution in [2.75, 3.05) is 31.6 Å². The average molecular weight is 389 g/mol. The second-order valence-electron chi connectivity index (χ2n) is 6.93. The summed E-state index contributed by atoms with van der Waals surface area (Å²) in [5, 5.41) is 7.89. The molecular formula is C18H23N5O5. The number of likely N-dealkylation sites (tertiary alicyclic amines) is 1. The number of imide groups is 1. The number of nitrogens with two attached hydrogens (primary N) is 1. The highest BCUT2D eigenvalue weighted by molar-refractivity contribution is 5.98. The van der Waals surface area contributed by atoms with Gasteiger partial charge in [-0.1, -0.05) is 0 Å². The minimum absolute atomic E-state index is 0.0151. The van der Waals surface area contributed by atoms with Gasteiger partial charge < -0.3 is 26.0 Å². The van der Waals surface area contributed by atoms with Crippen LogP contribution in [0.3, 0.4) is 0 Å². The number of hydrogen-bond acceptors (Lipinski definition) is 6. The monoisotopic (exact) mass is 389 g/mol. The van der Waals surface area contributed by atoms with Crippen molar-refractivity contribution in [1.29, 1.82) is 0 Å². The molecule has 5 N–H and O–H groups in total. The number of urea groups is 1. The third-order valence-corrected chi connectivity index (χ3v) is 4.82. The first-order valence-electron chi connectivity index (χ1n) is 8.97. The molecule has 2 fully saturated rings. The van der Waals surface area contributed by atoms with Crippen LogP contribution in [0.1, 0.15) is 12.0 Å². The van der Waals surface area contributed by atoms with Crippen LogP contribution in [0.2, 0.25) is 0 Å². The van der Waals surface area contributed by atoms with E-state index < -0.39 is 11.9 Å². The quantitative estimate of drug-likeness (QED) is 0.508. The number of benzene rings is 1. The van der Waals surface area contributed by atoms with Gasteiger partial charge in [-0.3, -0.25) is 19.7 Å². The van der Waals surface area contributed by atoms with E-state index in [0.717, 1.165) is 18.7 Å². The van der Waals surface area contributed by atoms with Crippen molar-refractivity contribution in [3.8, 4) is 5.75 Å². The molecule has 1 unspecified atom stereocenters. The first kappa shape index (κ1) is 19.6. The number of aryl methyl sites for hydroxylation is 1. The third-order valence-electron chi connectivity index (χ3n) is 4.82. The number of amides is 5. The molecule has 0 spiro atoms. The van der Waals surface area contributed by atoms with Crippen molar-refractivity contribution >= 4 is 29.4 Å². The van der Waals surface area contributed by atoms with Gasteiger partial charge in [0.05, 0.1) is 12.0 Å². The Morgan fingerprint density at radius 3 is 2.68 bits per heavy atom. The summed E-state index contributed by atoms with van der Waals surface area (Å²) in [6.07, 6.45) is 0.220. The highest BCUT2D eigenvalue weighted by Gasteiger charge is 2.39.